The van der Waals surface area contributed by atoms with Gasteiger partial charge in [-0.2, -0.15) is 0 Å². The average Bonchev–Trinajstić information content (AvgIpc) is 2.33. The van der Waals surface area contributed by atoms with Crippen LogP contribution in [-0.4, -0.2) is 12.6 Å². The van der Waals surface area contributed by atoms with Gasteiger partial charge < -0.3 is 4.74 Å². The summed E-state index contributed by atoms with van der Waals surface area (Å²) >= 11 is 10.3. The van der Waals surface area contributed by atoms with Crippen molar-refractivity contribution in [3.8, 4) is 0 Å². The van der Waals surface area contributed by atoms with Crippen molar-refractivity contribution >= 4 is 54.9 Å². The van der Waals surface area contributed by atoms with Crippen molar-refractivity contribution in [2.24, 2.45) is 0 Å². The number of carbonyl (C=O) groups is 1. The molecule has 0 saturated heterocycles. The number of carbonyl (C=O) groups excluding carboxylic acids is 1. The van der Waals surface area contributed by atoms with Crippen LogP contribution in [0.5, 0.6) is 0 Å². The lowest BCUT2D eigenvalue weighted by Gasteiger charge is -2.12. The number of aryl methyl sites for hydroxylation is 1. The first-order valence-corrected chi connectivity index (χ1v) is 9.32. The highest BCUT2D eigenvalue weighted by Gasteiger charge is 2.14. The Hall–Kier alpha value is -0.270. The van der Waals surface area contributed by atoms with Crippen molar-refractivity contribution in [1.82, 2.24) is 0 Å². The van der Waals surface area contributed by atoms with Crippen molar-refractivity contribution in [1.29, 1.82) is 0 Å². The van der Waals surface area contributed by atoms with Crippen LogP contribution in [0.4, 0.5) is 0 Å². The minimum atomic E-state index is -0.215. The molecule has 0 fully saturated rings. The molecule has 1 rings (SSSR count). The number of benzene rings is 1. The third-order valence-corrected chi connectivity index (χ3v) is 5.40. The Morgan fingerprint density at radius 3 is 2.39 bits per heavy atom. The summed E-state index contributed by atoms with van der Waals surface area (Å²) in [5.74, 6) is -0.215. The zero-order valence-corrected chi connectivity index (χ0v) is 13.9. The fraction of sp³-hybridized carbons (Fsp3) is 0.417. The summed E-state index contributed by atoms with van der Waals surface area (Å²) in [6.45, 7) is 6.27. The maximum absolute atomic E-state index is 11.6. The smallest absolute Gasteiger partial charge is 0.310 e. The summed E-state index contributed by atoms with van der Waals surface area (Å²) in [6, 6.07) is 2.02. The van der Waals surface area contributed by atoms with Gasteiger partial charge in [0, 0.05) is 25.3 Å². The predicted octanol–water partition coefficient (Wildman–Crippen LogP) is 2.48. The largest absolute Gasteiger partial charge is 0.466 e. The molecule has 0 spiro atoms. The van der Waals surface area contributed by atoms with Gasteiger partial charge in [0.1, 0.15) is 0 Å². The first-order valence-electron chi connectivity index (χ1n) is 5.50. The Kier molecular flexibility index (Phi) is 6.45. The standard InChI is InChI=1S/C12H14O2P2S2/c1-4-14-10(13)6-9-5-7(2)8(3)11(15-17)12(9)16-18/h5H,4,6H2,1-3H3. The van der Waals surface area contributed by atoms with Crippen LogP contribution in [0.15, 0.2) is 6.07 Å². The highest BCUT2D eigenvalue weighted by atomic mass is 32.4. The Labute approximate surface area is 121 Å². The summed E-state index contributed by atoms with van der Waals surface area (Å²) < 4.78 is 4.98. The van der Waals surface area contributed by atoms with Gasteiger partial charge in [0.05, 0.1) is 13.0 Å². The fourth-order valence-electron chi connectivity index (χ4n) is 1.67. The zero-order valence-electron chi connectivity index (χ0n) is 10.5. The van der Waals surface area contributed by atoms with Gasteiger partial charge >= 0.3 is 5.97 Å². The van der Waals surface area contributed by atoms with E-state index in [-0.39, 0.29) is 12.4 Å². The third kappa shape index (κ3) is 3.61. The molecular weight excluding hydrogens is 302 g/mol. The van der Waals surface area contributed by atoms with Crippen molar-refractivity contribution in [3.63, 3.8) is 0 Å². The Morgan fingerprint density at radius 2 is 1.89 bits per heavy atom. The van der Waals surface area contributed by atoms with Crippen LogP contribution < -0.4 is 10.6 Å². The molecule has 0 aromatic heterocycles. The average molecular weight is 316 g/mol. The minimum Gasteiger partial charge on any atom is -0.466 e. The molecule has 0 N–H and O–H groups in total. The molecule has 0 unspecified atom stereocenters. The second-order valence-electron chi connectivity index (χ2n) is 3.84. The van der Waals surface area contributed by atoms with Gasteiger partial charge in [-0.25, -0.2) is 0 Å². The lowest BCUT2D eigenvalue weighted by atomic mass is 10.0. The van der Waals surface area contributed by atoms with Gasteiger partial charge in [0.2, 0.25) is 0 Å². The molecule has 18 heavy (non-hydrogen) atoms. The zero-order chi connectivity index (χ0) is 13.7. The maximum Gasteiger partial charge on any atom is 0.310 e. The lowest BCUT2D eigenvalue weighted by Crippen LogP contribution is -2.24. The van der Waals surface area contributed by atoms with E-state index in [1.807, 2.05) is 19.9 Å². The highest BCUT2D eigenvalue weighted by molar-refractivity contribution is 8.02. The molecular formula is C12H14O2P2S2. The van der Waals surface area contributed by atoms with Gasteiger partial charge in [-0.3, -0.25) is 4.79 Å². The van der Waals surface area contributed by atoms with Crippen molar-refractivity contribution < 1.29 is 9.53 Å². The molecule has 6 heteroatoms. The van der Waals surface area contributed by atoms with Crippen LogP contribution in [0.1, 0.15) is 23.6 Å². The summed E-state index contributed by atoms with van der Waals surface area (Å²) in [7, 11) is 1.51. The van der Waals surface area contributed by atoms with Gasteiger partial charge in [0.25, 0.3) is 0 Å². The first kappa shape index (κ1) is 15.8. The molecule has 0 atom stereocenters. The maximum atomic E-state index is 11.6. The van der Waals surface area contributed by atoms with E-state index in [2.05, 4.69) is 0 Å². The van der Waals surface area contributed by atoms with Gasteiger partial charge in [-0.15, -0.1) is 0 Å². The molecule has 0 aliphatic carbocycles. The quantitative estimate of drug-likeness (QED) is 0.616. The van der Waals surface area contributed by atoms with Crippen LogP contribution >= 0.6 is 14.7 Å². The van der Waals surface area contributed by atoms with Crippen molar-refractivity contribution in [2.75, 3.05) is 6.61 Å². The molecule has 0 bridgehead atoms. The van der Waals surface area contributed by atoms with Crippen molar-refractivity contribution in [2.45, 2.75) is 27.2 Å². The molecule has 0 radical (unpaired) electrons. The molecule has 0 heterocycles. The monoisotopic (exact) mass is 316 g/mol. The third-order valence-electron chi connectivity index (χ3n) is 2.69. The van der Waals surface area contributed by atoms with E-state index in [1.165, 1.54) is 5.56 Å². The van der Waals surface area contributed by atoms with Crippen LogP contribution in [0.2, 0.25) is 0 Å². The van der Waals surface area contributed by atoms with E-state index < -0.39 is 0 Å². The normalized spacial score (nSPS) is 10.8. The van der Waals surface area contributed by atoms with Gasteiger partial charge in [0.15, 0.2) is 0 Å². The molecule has 0 aliphatic rings. The lowest BCUT2D eigenvalue weighted by molar-refractivity contribution is -0.142. The van der Waals surface area contributed by atoms with Gasteiger partial charge in [-0.1, -0.05) is 29.7 Å². The Bertz CT molecular complexity index is 501. The fourth-order valence-corrected chi connectivity index (χ4v) is 4.74. The molecule has 1 aromatic carbocycles. The Balaban J connectivity index is 3.26. The second-order valence-corrected chi connectivity index (χ2v) is 6.19. The number of rotatable bonds is 5. The topological polar surface area (TPSA) is 26.3 Å². The van der Waals surface area contributed by atoms with Crippen LogP contribution in [0.3, 0.4) is 0 Å². The summed E-state index contributed by atoms with van der Waals surface area (Å²) in [5.41, 5.74) is 3.26. The Morgan fingerprint density at radius 1 is 1.28 bits per heavy atom. The van der Waals surface area contributed by atoms with E-state index in [4.69, 9.17) is 28.4 Å². The molecule has 0 aliphatic heterocycles. The summed E-state index contributed by atoms with van der Waals surface area (Å²) in [4.78, 5) is 11.6. The number of ether oxygens (including phenoxy) is 1. The molecule has 2 nitrogen and oxygen atoms in total. The summed E-state index contributed by atoms with van der Waals surface area (Å²) in [6.07, 6.45) is 0.270. The van der Waals surface area contributed by atoms with Crippen LogP contribution in [0.25, 0.3) is 0 Å². The molecule has 0 saturated carbocycles. The van der Waals surface area contributed by atoms with Crippen molar-refractivity contribution in [3.05, 3.63) is 22.8 Å². The van der Waals surface area contributed by atoms with Crippen LogP contribution in [0, 0.1) is 13.8 Å². The van der Waals surface area contributed by atoms with Gasteiger partial charge in [-0.05, 0) is 37.5 Å². The second kappa shape index (κ2) is 7.35. The highest BCUT2D eigenvalue weighted by Crippen LogP contribution is 2.16. The number of hydrogen-bond acceptors (Lipinski definition) is 4. The molecule has 1 aromatic rings. The summed E-state index contributed by atoms with van der Waals surface area (Å²) in [5, 5.41) is 2.07. The van der Waals surface area contributed by atoms with Crippen LogP contribution in [-0.2, 0) is 39.6 Å². The SMILES string of the molecule is CCOC(=O)Cc1cc(C)c(C)c(P=S)c1P=S. The molecule has 96 valence electrons. The van der Waals surface area contributed by atoms with E-state index in [1.54, 1.807) is 6.92 Å². The number of esters is 1. The van der Waals surface area contributed by atoms with E-state index in [0.29, 0.717) is 6.61 Å². The van der Waals surface area contributed by atoms with E-state index in [0.717, 1.165) is 36.4 Å². The first-order chi connectivity index (χ1) is 8.54. The number of hydrogen-bond donors (Lipinski definition) is 0. The molecule has 0 amide bonds. The minimum absolute atomic E-state index is 0.215. The van der Waals surface area contributed by atoms with E-state index >= 15 is 0 Å². The van der Waals surface area contributed by atoms with E-state index in [9.17, 15) is 4.79 Å². The predicted molar refractivity (Wildman–Crippen MR) is 84.1 cm³/mol.